The molecule has 0 fully saturated rings. The van der Waals surface area contributed by atoms with Crippen LogP contribution in [0.3, 0.4) is 0 Å². The Morgan fingerprint density at radius 1 is 0.926 bits per heavy atom. The van der Waals surface area contributed by atoms with E-state index in [1.165, 1.54) is 12.1 Å². The van der Waals surface area contributed by atoms with Gasteiger partial charge in [-0.15, -0.1) is 0 Å². The van der Waals surface area contributed by atoms with Crippen molar-refractivity contribution in [1.29, 1.82) is 0 Å². The van der Waals surface area contributed by atoms with Crippen LogP contribution in [0.2, 0.25) is 0 Å². The Bertz CT molecular complexity index is 875. The first-order chi connectivity index (χ1) is 12.8. The number of hydrogen-bond acceptors (Lipinski definition) is 4. The van der Waals surface area contributed by atoms with Gasteiger partial charge in [-0.25, -0.2) is 18.0 Å². The fraction of sp³-hybridized carbons (Fsp3) is 0.118. The molecular formula is C17H12BrF3N2O4. The molecule has 142 valence electrons. The Balaban J connectivity index is 1.78. The number of esters is 1. The lowest BCUT2D eigenvalue weighted by Crippen LogP contribution is -2.35. The van der Waals surface area contributed by atoms with Crippen LogP contribution < -0.4 is 10.6 Å². The lowest BCUT2D eigenvalue weighted by Gasteiger charge is -2.09. The summed E-state index contributed by atoms with van der Waals surface area (Å²) in [5.74, 6) is -7.07. The summed E-state index contributed by atoms with van der Waals surface area (Å²) in [6.07, 6.45) is 0. The zero-order valence-electron chi connectivity index (χ0n) is 13.5. The fourth-order valence-electron chi connectivity index (χ4n) is 1.85. The zero-order valence-corrected chi connectivity index (χ0v) is 15.1. The second-order valence-electron chi connectivity index (χ2n) is 5.13. The van der Waals surface area contributed by atoms with Gasteiger partial charge in [-0.1, -0.05) is 15.9 Å². The van der Waals surface area contributed by atoms with Crippen LogP contribution in [0.1, 0.15) is 10.4 Å². The van der Waals surface area contributed by atoms with Gasteiger partial charge in [0.15, 0.2) is 24.1 Å². The summed E-state index contributed by atoms with van der Waals surface area (Å²) in [6, 6.07) is 7.72. The molecule has 2 aromatic rings. The number of hydrogen-bond donors (Lipinski definition) is 2. The number of carbonyl (C=O) groups excluding carboxylic acids is 3. The molecule has 0 radical (unpaired) electrons. The van der Waals surface area contributed by atoms with Gasteiger partial charge in [0.25, 0.3) is 5.91 Å². The van der Waals surface area contributed by atoms with Crippen molar-refractivity contribution in [1.82, 2.24) is 5.32 Å². The van der Waals surface area contributed by atoms with E-state index in [0.717, 1.165) is 10.5 Å². The third-order valence-electron chi connectivity index (χ3n) is 3.17. The molecule has 6 nitrogen and oxygen atoms in total. The average Bonchev–Trinajstić information content (AvgIpc) is 2.65. The van der Waals surface area contributed by atoms with Crippen LogP contribution in [0.15, 0.2) is 40.9 Å². The highest BCUT2D eigenvalue weighted by molar-refractivity contribution is 9.10. The van der Waals surface area contributed by atoms with Crippen molar-refractivity contribution in [2.75, 3.05) is 18.5 Å². The first-order valence-corrected chi connectivity index (χ1v) is 8.20. The predicted molar refractivity (Wildman–Crippen MR) is 92.4 cm³/mol. The summed E-state index contributed by atoms with van der Waals surface area (Å²) in [6.45, 7) is -1.23. The van der Waals surface area contributed by atoms with Gasteiger partial charge < -0.3 is 15.4 Å². The van der Waals surface area contributed by atoms with Crippen molar-refractivity contribution in [3.63, 3.8) is 0 Å². The van der Waals surface area contributed by atoms with E-state index < -0.39 is 54.1 Å². The van der Waals surface area contributed by atoms with Gasteiger partial charge in [-0.2, -0.15) is 0 Å². The minimum absolute atomic E-state index is 0.234. The van der Waals surface area contributed by atoms with E-state index in [-0.39, 0.29) is 5.56 Å². The molecule has 27 heavy (non-hydrogen) atoms. The van der Waals surface area contributed by atoms with Crippen LogP contribution in [-0.2, 0) is 14.3 Å². The molecule has 0 heterocycles. The van der Waals surface area contributed by atoms with E-state index in [0.29, 0.717) is 6.07 Å². The second-order valence-corrected chi connectivity index (χ2v) is 6.05. The molecule has 2 aromatic carbocycles. The molecule has 2 rings (SSSR count). The van der Waals surface area contributed by atoms with Crippen LogP contribution in [0.5, 0.6) is 0 Å². The summed E-state index contributed by atoms with van der Waals surface area (Å²) in [5.41, 5.74) is -0.340. The summed E-state index contributed by atoms with van der Waals surface area (Å²) in [5, 5.41) is 4.12. The lowest BCUT2D eigenvalue weighted by molar-refractivity contribution is -0.126. The third-order valence-corrected chi connectivity index (χ3v) is 3.70. The van der Waals surface area contributed by atoms with Crippen molar-refractivity contribution in [3.05, 3.63) is 63.9 Å². The van der Waals surface area contributed by atoms with Crippen LogP contribution in [0.25, 0.3) is 0 Å². The minimum Gasteiger partial charge on any atom is -0.452 e. The fourth-order valence-corrected chi connectivity index (χ4v) is 2.11. The summed E-state index contributed by atoms with van der Waals surface area (Å²) < 4.78 is 44.9. The Labute approximate surface area is 159 Å². The number of ether oxygens (including phenoxy) is 1. The van der Waals surface area contributed by atoms with Gasteiger partial charge >= 0.3 is 5.97 Å². The number of halogens is 4. The molecule has 0 bridgehead atoms. The molecule has 0 aromatic heterocycles. The first-order valence-electron chi connectivity index (χ1n) is 7.40. The molecule has 2 amide bonds. The molecule has 2 N–H and O–H groups in total. The van der Waals surface area contributed by atoms with E-state index in [2.05, 4.69) is 21.2 Å². The van der Waals surface area contributed by atoms with Gasteiger partial charge in [0.1, 0.15) is 0 Å². The normalized spacial score (nSPS) is 10.2. The summed E-state index contributed by atoms with van der Waals surface area (Å²) in [4.78, 5) is 35.0. The van der Waals surface area contributed by atoms with Crippen LogP contribution in [0.4, 0.5) is 18.9 Å². The maximum Gasteiger partial charge on any atom is 0.338 e. The Kier molecular flexibility index (Phi) is 6.94. The standard InChI is InChI=1S/C17H12BrF3N2O4/c18-10-3-1-9(2-4-10)17(26)27-8-14(25)22-7-13(24)23-12-6-5-11(19)15(20)16(12)21/h1-6H,7-8H2,(H,22,25)(H,23,24). The average molecular weight is 445 g/mol. The highest BCUT2D eigenvalue weighted by atomic mass is 79.9. The number of benzene rings is 2. The van der Waals surface area contributed by atoms with Crippen LogP contribution in [0, 0.1) is 17.5 Å². The summed E-state index contributed by atoms with van der Waals surface area (Å²) in [7, 11) is 0. The van der Waals surface area contributed by atoms with E-state index in [4.69, 9.17) is 4.74 Å². The third kappa shape index (κ3) is 5.81. The Morgan fingerprint density at radius 3 is 2.26 bits per heavy atom. The molecule has 0 unspecified atom stereocenters. The topological polar surface area (TPSA) is 84.5 Å². The number of anilines is 1. The maximum atomic E-state index is 13.4. The molecule has 0 saturated heterocycles. The zero-order chi connectivity index (χ0) is 20.0. The number of rotatable bonds is 6. The van der Waals surface area contributed by atoms with Gasteiger partial charge in [-0.3, -0.25) is 9.59 Å². The lowest BCUT2D eigenvalue weighted by atomic mass is 10.2. The quantitative estimate of drug-likeness (QED) is 0.529. The van der Waals surface area contributed by atoms with Gasteiger partial charge in [0, 0.05) is 4.47 Å². The second kappa shape index (κ2) is 9.17. The van der Waals surface area contributed by atoms with E-state index in [1.807, 2.05) is 5.32 Å². The number of nitrogens with one attached hydrogen (secondary N) is 2. The Hall–Kier alpha value is -2.88. The van der Waals surface area contributed by atoms with Gasteiger partial charge in [0.05, 0.1) is 17.8 Å². The molecule has 0 atom stereocenters. The molecule has 0 aliphatic heterocycles. The molecule has 0 aliphatic rings. The molecule has 10 heteroatoms. The van der Waals surface area contributed by atoms with Crippen LogP contribution >= 0.6 is 15.9 Å². The Morgan fingerprint density at radius 2 is 1.59 bits per heavy atom. The first kappa shape index (κ1) is 20.4. The molecule has 0 aliphatic carbocycles. The van der Waals surface area contributed by atoms with E-state index in [9.17, 15) is 27.6 Å². The SMILES string of the molecule is O=C(COC(=O)c1ccc(Br)cc1)NCC(=O)Nc1ccc(F)c(F)c1F. The monoisotopic (exact) mass is 444 g/mol. The van der Waals surface area contributed by atoms with Gasteiger partial charge in [-0.05, 0) is 36.4 Å². The van der Waals surface area contributed by atoms with E-state index in [1.54, 1.807) is 12.1 Å². The smallest absolute Gasteiger partial charge is 0.338 e. The molecular weight excluding hydrogens is 433 g/mol. The molecule has 0 saturated carbocycles. The largest absolute Gasteiger partial charge is 0.452 e. The predicted octanol–water partition coefficient (Wildman–Crippen LogP) is 2.78. The van der Waals surface area contributed by atoms with Crippen molar-refractivity contribution < 1.29 is 32.3 Å². The number of amides is 2. The van der Waals surface area contributed by atoms with Crippen LogP contribution in [-0.4, -0.2) is 30.9 Å². The van der Waals surface area contributed by atoms with Crippen molar-refractivity contribution in [3.8, 4) is 0 Å². The van der Waals surface area contributed by atoms with Gasteiger partial charge in [0.2, 0.25) is 5.91 Å². The number of carbonyl (C=O) groups is 3. The highest BCUT2D eigenvalue weighted by Gasteiger charge is 2.16. The summed E-state index contributed by atoms with van der Waals surface area (Å²) >= 11 is 3.21. The maximum absolute atomic E-state index is 13.4. The minimum atomic E-state index is -1.73. The van der Waals surface area contributed by atoms with Crippen molar-refractivity contribution >= 4 is 39.4 Å². The van der Waals surface area contributed by atoms with E-state index >= 15 is 0 Å². The highest BCUT2D eigenvalue weighted by Crippen LogP contribution is 2.19. The van der Waals surface area contributed by atoms with Crippen molar-refractivity contribution in [2.45, 2.75) is 0 Å². The van der Waals surface area contributed by atoms with Crippen molar-refractivity contribution in [2.24, 2.45) is 0 Å². The molecule has 0 spiro atoms.